The summed E-state index contributed by atoms with van der Waals surface area (Å²) in [5, 5.41) is 0. The van der Waals surface area contributed by atoms with Gasteiger partial charge in [-0.05, 0) is 20.8 Å². The number of carbonyl (C=O) groups is 3. The smallest absolute Gasteiger partial charge is 0.240 e. The molecular formula is C8H10O4. The molecule has 66 valence electrons. The SMILES string of the molecule is CC(=O)C1(C)OC(C)C(=O)C1=O. The number of carbonyl (C=O) groups excluding carboxylic acids is 3. The molecule has 0 bridgehead atoms. The van der Waals surface area contributed by atoms with Crippen LogP contribution in [0.3, 0.4) is 0 Å². The summed E-state index contributed by atoms with van der Waals surface area (Å²) in [5.74, 6) is -1.78. The number of Topliss-reactive ketones (excluding diaryl/α,β-unsaturated/α-hetero) is 3. The Bertz CT molecular complexity index is 268. The zero-order valence-corrected chi connectivity index (χ0v) is 7.21. The summed E-state index contributed by atoms with van der Waals surface area (Å²) in [7, 11) is 0. The zero-order valence-electron chi connectivity index (χ0n) is 7.21. The maximum absolute atomic E-state index is 11.2. The van der Waals surface area contributed by atoms with Crippen molar-refractivity contribution in [3.63, 3.8) is 0 Å². The molecule has 1 heterocycles. The van der Waals surface area contributed by atoms with E-state index in [0.717, 1.165) is 0 Å². The zero-order chi connectivity index (χ0) is 9.52. The summed E-state index contributed by atoms with van der Waals surface area (Å²) in [4.78, 5) is 33.2. The Morgan fingerprint density at radius 1 is 1.50 bits per heavy atom. The van der Waals surface area contributed by atoms with Crippen LogP contribution >= 0.6 is 0 Å². The number of hydrogen-bond acceptors (Lipinski definition) is 4. The fraction of sp³-hybridized carbons (Fsp3) is 0.625. The molecule has 0 aliphatic carbocycles. The van der Waals surface area contributed by atoms with Gasteiger partial charge in [0.15, 0.2) is 11.4 Å². The molecule has 0 saturated carbocycles. The molecule has 0 aromatic carbocycles. The predicted molar refractivity (Wildman–Crippen MR) is 39.6 cm³/mol. The normalized spacial score (nSPS) is 35.8. The summed E-state index contributed by atoms with van der Waals surface area (Å²) in [5.41, 5.74) is -1.53. The molecular weight excluding hydrogens is 160 g/mol. The van der Waals surface area contributed by atoms with Crippen LogP contribution in [-0.4, -0.2) is 29.1 Å². The number of ketones is 3. The number of hydrogen-bond donors (Lipinski definition) is 0. The van der Waals surface area contributed by atoms with Gasteiger partial charge in [-0.15, -0.1) is 0 Å². The van der Waals surface area contributed by atoms with Crippen molar-refractivity contribution in [2.24, 2.45) is 0 Å². The Morgan fingerprint density at radius 2 is 2.00 bits per heavy atom. The van der Waals surface area contributed by atoms with Gasteiger partial charge < -0.3 is 4.74 Å². The van der Waals surface area contributed by atoms with Gasteiger partial charge in [0.2, 0.25) is 11.6 Å². The summed E-state index contributed by atoms with van der Waals surface area (Å²) in [6.07, 6.45) is -0.786. The standard InChI is InChI=1S/C8H10O4/c1-4-6(10)7(11)8(3,12-4)5(2)9/h4H,1-3H3. The second-order valence-electron chi connectivity index (χ2n) is 3.04. The average Bonchev–Trinajstić information content (AvgIpc) is 2.17. The molecule has 0 aromatic heterocycles. The van der Waals surface area contributed by atoms with Crippen LogP contribution in [0.25, 0.3) is 0 Å². The molecule has 1 aliphatic rings. The molecule has 1 saturated heterocycles. The second-order valence-corrected chi connectivity index (χ2v) is 3.04. The van der Waals surface area contributed by atoms with Crippen LogP contribution in [0.1, 0.15) is 20.8 Å². The van der Waals surface area contributed by atoms with Crippen LogP contribution in [0.5, 0.6) is 0 Å². The summed E-state index contributed by atoms with van der Waals surface area (Å²) < 4.78 is 4.99. The highest BCUT2D eigenvalue weighted by Crippen LogP contribution is 2.24. The maximum atomic E-state index is 11.2. The van der Waals surface area contributed by atoms with Crippen molar-refractivity contribution in [3.05, 3.63) is 0 Å². The molecule has 0 spiro atoms. The van der Waals surface area contributed by atoms with E-state index in [1.54, 1.807) is 0 Å². The summed E-state index contributed by atoms with van der Waals surface area (Å²) in [6, 6.07) is 0. The van der Waals surface area contributed by atoms with Crippen molar-refractivity contribution in [2.45, 2.75) is 32.5 Å². The van der Waals surface area contributed by atoms with E-state index in [1.807, 2.05) is 0 Å². The third-order valence-electron chi connectivity index (χ3n) is 2.11. The molecule has 0 amide bonds. The topological polar surface area (TPSA) is 60.4 Å². The van der Waals surface area contributed by atoms with Crippen LogP contribution < -0.4 is 0 Å². The lowest BCUT2D eigenvalue weighted by atomic mass is 9.96. The van der Waals surface area contributed by atoms with Gasteiger partial charge in [-0.2, -0.15) is 0 Å². The van der Waals surface area contributed by atoms with Crippen LogP contribution in [0.15, 0.2) is 0 Å². The highest BCUT2D eigenvalue weighted by Gasteiger charge is 2.52. The molecule has 4 heteroatoms. The highest BCUT2D eigenvalue weighted by molar-refractivity contribution is 6.47. The molecule has 4 nitrogen and oxygen atoms in total. The Hall–Kier alpha value is -1.03. The van der Waals surface area contributed by atoms with E-state index in [2.05, 4.69) is 0 Å². The average molecular weight is 170 g/mol. The first kappa shape index (κ1) is 9.06. The fourth-order valence-electron chi connectivity index (χ4n) is 1.12. The Morgan fingerprint density at radius 3 is 2.17 bits per heavy atom. The van der Waals surface area contributed by atoms with Gasteiger partial charge in [-0.1, -0.05) is 0 Å². The van der Waals surface area contributed by atoms with Crippen molar-refractivity contribution < 1.29 is 19.1 Å². The molecule has 12 heavy (non-hydrogen) atoms. The summed E-state index contributed by atoms with van der Waals surface area (Å²) >= 11 is 0. The minimum absolute atomic E-state index is 0.426. The summed E-state index contributed by atoms with van der Waals surface area (Å²) in [6.45, 7) is 4.04. The first-order valence-corrected chi connectivity index (χ1v) is 3.67. The second kappa shape index (κ2) is 2.48. The van der Waals surface area contributed by atoms with Gasteiger partial charge in [0.05, 0.1) is 0 Å². The molecule has 0 radical (unpaired) electrons. The van der Waals surface area contributed by atoms with Crippen LogP contribution in [0.2, 0.25) is 0 Å². The number of ether oxygens (including phenoxy) is 1. The molecule has 1 rings (SSSR count). The fourth-order valence-corrected chi connectivity index (χ4v) is 1.12. The lowest BCUT2D eigenvalue weighted by molar-refractivity contribution is -0.147. The molecule has 2 unspecified atom stereocenters. The molecule has 0 N–H and O–H groups in total. The van der Waals surface area contributed by atoms with Crippen LogP contribution in [0, 0.1) is 0 Å². The van der Waals surface area contributed by atoms with Crippen molar-refractivity contribution in [2.75, 3.05) is 0 Å². The van der Waals surface area contributed by atoms with E-state index < -0.39 is 29.1 Å². The molecule has 1 fully saturated rings. The van der Waals surface area contributed by atoms with Crippen molar-refractivity contribution in [3.8, 4) is 0 Å². The molecule has 2 atom stereocenters. The Labute approximate surface area is 69.9 Å². The molecule has 1 aliphatic heterocycles. The van der Waals surface area contributed by atoms with E-state index in [-0.39, 0.29) is 0 Å². The lowest BCUT2D eigenvalue weighted by Gasteiger charge is -2.16. The van der Waals surface area contributed by atoms with Crippen molar-refractivity contribution in [1.82, 2.24) is 0 Å². The molecule has 0 aromatic rings. The van der Waals surface area contributed by atoms with Gasteiger partial charge in [0.1, 0.15) is 6.10 Å². The lowest BCUT2D eigenvalue weighted by Crippen LogP contribution is -2.41. The van der Waals surface area contributed by atoms with E-state index >= 15 is 0 Å². The minimum Gasteiger partial charge on any atom is -0.348 e. The van der Waals surface area contributed by atoms with Gasteiger partial charge in [0, 0.05) is 0 Å². The third kappa shape index (κ3) is 0.992. The van der Waals surface area contributed by atoms with Gasteiger partial charge >= 0.3 is 0 Å². The quantitative estimate of drug-likeness (QED) is 0.407. The largest absolute Gasteiger partial charge is 0.348 e. The Kier molecular flexibility index (Phi) is 1.88. The van der Waals surface area contributed by atoms with E-state index in [0.29, 0.717) is 0 Å². The van der Waals surface area contributed by atoms with Crippen molar-refractivity contribution >= 4 is 17.3 Å². The Balaban J connectivity index is 3.05. The predicted octanol–water partition coefficient (Wildman–Crippen LogP) is -0.109. The van der Waals surface area contributed by atoms with E-state index in [4.69, 9.17) is 4.74 Å². The first-order chi connectivity index (χ1) is 5.39. The van der Waals surface area contributed by atoms with Gasteiger partial charge in [-0.25, -0.2) is 0 Å². The third-order valence-corrected chi connectivity index (χ3v) is 2.11. The first-order valence-electron chi connectivity index (χ1n) is 3.67. The number of rotatable bonds is 1. The van der Waals surface area contributed by atoms with Crippen LogP contribution in [0.4, 0.5) is 0 Å². The van der Waals surface area contributed by atoms with E-state index in [9.17, 15) is 14.4 Å². The van der Waals surface area contributed by atoms with Gasteiger partial charge in [-0.3, -0.25) is 14.4 Å². The maximum Gasteiger partial charge on any atom is 0.240 e. The monoisotopic (exact) mass is 170 g/mol. The highest BCUT2D eigenvalue weighted by atomic mass is 16.5. The van der Waals surface area contributed by atoms with Gasteiger partial charge in [0.25, 0.3) is 0 Å². The van der Waals surface area contributed by atoms with Crippen molar-refractivity contribution in [1.29, 1.82) is 0 Å². The minimum atomic E-state index is -1.53. The van der Waals surface area contributed by atoms with E-state index in [1.165, 1.54) is 20.8 Å². The van der Waals surface area contributed by atoms with Crippen LogP contribution in [-0.2, 0) is 19.1 Å².